The molecule has 4 nitrogen and oxygen atoms in total. The third kappa shape index (κ3) is 3.26. The average molecular weight is 484 g/mol. The number of benzene rings is 2. The van der Waals surface area contributed by atoms with Crippen LogP contribution in [0, 0.1) is 5.82 Å². The number of nitrogens with one attached hydrogen (secondary N) is 1. The molecule has 0 aliphatic carbocycles. The fraction of sp³-hybridized carbons (Fsp3) is 0.211. The fourth-order valence-electron chi connectivity index (χ4n) is 3.69. The van der Waals surface area contributed by atoms with Crippen LogP contribution in [0.1, 0.15) is 11.3 Å². The molecule has 1 aromatic heterocycles. The average Bonchev–Trinajstić information content (AvgIpc) is 3.06. The van der Waals surface area contributed by atoms with Gasteiger partial charge in [-0.05, 0) is 29.8 Å². The van der Waals surface area contributed by atoms with E-state index >= 15 is 0 Å². The lowest BCUT2D eigenvalue weighted by Gasteiger charge is -2.42. The van der Waals surface area contributed by atoms with Gasteiger partial charge in [0.1, 0.15) is 11.6 Å². The molecule has 0 fully saturated rings. The Morgan fingerprint density at radius 1 is 0.848 bits per heavy atom. The predicted molar refractivity (Wildman–Crippen MR) is 95.8 cm³/mol. The summed E-state index contributed by atoms with van der Waals surface area (Å²) in [5.74, 6) is -2.12. The largest absolute Gasteiger partial charge is 0.435 e. The van der Waals surface area contributed by atoms with Crippen molar-refractivity contribution in [1.82, 2.24) is 9.78 Å². The lowest BCUT2D eigenvalue weighted by Crippen LogP contribution is -2.61. The topological polar surface area (TPSA) is 55.9 Å². The molecule has 0 bridgehead atoms. The molecule has 0 radical (unpaired) electrons. The summed E-state index contributed by atoms with van der Waals surface area (Å²) < 4.78 is 139. The zero-order valence-electron chi connectivity index (χ0n) is 15.8. The number of hydrogen-bond acceptors (Lipinski definition) is 3. The Morgan fingerprint density at radius 3 is 1.94 bits per heavy atom. The maximum absolute atomic E-state index is 14.1. The Morgan fingerprint density at radius 2 is 1.42 bits per heavy atom. The molecular weight excluding hydrogens is 474 g/mol. The van der Waals surface area contributed by atoms with E-state index in [0.717, 1.165) is 18.2 Å². The van der Waals surface area contributed by atoms with Crippen molar-refractivity contribution in [1.29, 1.82) is 0 Å². The second-order valence-electron chi connectivity index (χ2n) is 7.14. The van der Waals surface area contributed by atoms with E-state index in [1.165, 1.54) is 5.32 Å². The van der Waals surface area contributed by atoms with E-state index in [0.29, 0.717) is 24.3 Å². The molecule has 0 spiro atoms. The van der Waals surface area contributed by atoms with Crippen LogP contribution >= 0.6 is 0 Å². The number of alkyl halides is 9. The van der Waals surface area contributed by atoms with Crippen LogP contribution in [-0.2, 0) is 11.7 Å². The molecule has 1 aliphatic rings. The van der Waals surface area contributed by atoms with Crippen LogP contribution in [0.2, 0.25) is 0 Å². The summed E-state index contributed by atoms with van der Waals surface area (Å²) in [6.07, 6.45) is -17.4. The number of rotatable bonds is 1. The van der Waals surface area contributed by atoms with E-state index in [-0.39, 0.29) is 10.4 Å². The number of nitrogens with two attached hydrogens (primary N) is 1. The molecule has 0 saturated carbocycles. The van der Waals surface area contributed by atoms with Gasteiger partial charge < -0.3 is 11.1 Å². The lowest BCUT2D eigenvalue weighted by molar-refractivity contribution is -0.294. The molecule has 4 rings (SSSR count). The van der Waals surface area contributed by atoms with Crippen molar-refractivity contribution in [2.24, 2.45) is 0 Å². The molecule has 3 aromatic rings. The summed E-state index contributed by atoms with van der Waals surface area (Å²) in [6, 6.07) is 4.81. The SMILES string of the molecule is Nc1ccc2c(c1)-n1nc(C(F)(F)F)c(-c3ccc(F)cc3)c1NC2(C(F)(F)F)C(F)(F)F. The number of halogens is 10. The van der Waals surface area contributed by atoms with Gasteiger partial charge in [0, 0.05) is 11.3 Å². The Hall–Kier alpha value is -3.45. The Labute approximate surface area is 177 Å². The van der Waals surface area contributed by atoms with Gasteiger partial charge in [0.15, 0.2) is 5.69 Å². The van der Waals surface area contributed by atoms with E-state index in [1.54, 1.807) is 0 Å². The molecule has 0 atom stereocenters. The van der Waals surface area contributed by atoms with Crippen molar-refractivity contribution in [2.45, 2.75) is 24.1 Å². The van der Waals surface area contributed by atoms with E-state index in [9.17, 15) is 43.9 Å². The number of nitrogens with zero attached hydrogens (tertiary/aromatic N) is 2. The molecule has 0 amide bonds. The molecule has 33 heavy (non-hydrogen) atoms. The first kappa shape index (κ1) is 22.7. The van der Waals surface area contributed by atoms with Crippen molar-refractivity contribution >= 4 is 11.5 Å². The predicted octanol–water partition coefficient (Wildman–Crippen LogP) is 6.02. The summed E-state index contributed by atoms with van der Waals surface area (Å²) in [5, 5.41) is 4.53. The standard InChI is InChI=1S/C19H10F10N4/c20-9-3-1-8(2-4-9)13-14(17(21,22)23)32-33-12-7-10(30)5-6-11(12)16(18(24,25)26,19(27,28)29)31-15(13)33/h1-7,31H,30H2. The van der Waals surface area contributed by atoms with Crippen molar-refractivity contribution in [3.05, 3.63) is 59.5 Å². The van der Waals surface area contributed by atoms with Crippen LogP contribution in [0.5, 0.6) is 0 Å². The first-order valence-corrected chi connectivity index (χ1v) is 8.86. The second kappa shape index (κ2) is 6.78. The molecule has 2 aromatic carbocycles. The van der Waals surface area contributed by atoms with Gasteiger partial charge in [-0.25, -0.2) is 9.07 Å². The lowest BCUT2D eigenvalue weighted by atomic mass is 9.84. The zero-order chi connectivity index (χ0) is 24.6. The molecule has 0 unspecified atom stereocenters. The minimum absolute atomic E-state index is 0.281. The third-order valence-corrected chi connectivity index (χ3v) is 5.10. The fourth-order valence-corrected chi connectivity index (χ4v) is 3.69. The van der Waals surface area contributed by atoms with E-state index in [2.05, 4.69) is 5.10 Å². The van der Waals surface area contributed by atoms with Gasteiger partial charge in [-0.15, -0.1) is 0 Å². The van der Waals surface area contributed by atoms with Gasteiger partial charge in [0.2, 0.25) is 0 Å². The highest BCUT2D eigenvalue weighted by Crippen LogP contribution is 2.57. The van der Waals surface area contributed by atoms with Crippen LogP contribution in [0.25, 0.3) is 16.8 Å². The van der Waals surface area contributed by atoms with Crippen molar-refractivity contribution in [3.8, 4) is 16.8 Å². The maximum Gasteiger partial charge on any atom is 0.435 e. The van der Waals surface area contributed by atoms with Gasteiger partial charge in [0.25, 0.3) is 5.54 Å². The van der Waals surface area contributed by atoms with Crippen molar-refractivity contribution in [2.75, 3.05) is 11.1 Å². The third-order valence-electron chi connectivity index (χ3n) is 5.10. The number of nitrogen functional groups attached to an aromatic ring is 1. The van der Waals surface area contributed by atoms with Crippen LogP contribution in [0.4, 0.5) is 55.4 Å². The van der Waals surface area contributed by atoms with Crippen LogP contribution in [0.15, 0.2) is 42.5 Å². The number of aromatic nitrogens is 2. The molecule has 3 N–H and O–H groups in total. The number of anilines is 2. The van der Waals surface area contributed by atoms with Gasteiger partial charge >= 0.3 is 18.5 Å². The van der Waals surface area contributed by atoms with Crippen LogP contribution in [-0.4, -0.2) is 22.1 Å². The normalized spacial score (nSPS) is 15.6. The van der Waals surface area contributed by atoms with Gasteiger partial charge in [-0.1, -0.05) is 18.2 Å². The first-order valence-electron chi connectivity index (χ1n) is 8.86. The summed E-state index contributed by atoms with van der Waals surface area (Å²) in [5.41, 5.74) is -5.36. The van der Waals surface area contributed by atoms with Crippen molar-refractivity contribution < 1.29 is 43.9 Å². The van der Waals surface area contributed by atoms with E-state index in [1.807, 2.05) is 0 Å². The summed E-state index contributed by atoms with van der Waals surface area (Å²) in [4.78, 5) is 0. The highest BCUT2D eigenvalue weighted by molar-refractivity contribution is 5.83. The highest BCUT2D eigenvalue weighted by Gasteiger charge is 2.74. The smallest absolute Gasteiger partial charge is 0.399 e. The summed E-state index contributed by atoms with van der Waals surface area (Å²) in [7, 11) is 0. The van der Waals surface area contributed by atoms with Gasteiger partial charge in [0.05, 0.1) is 11.3 Å². The number of hydrogen-bond donors (Lipinski definition) is 2. The first-order chi connectivity index (χ1) is 15.1. The molecule has 0 saturated heterocycles. The van der Waals surface area contributed by atoms with Crippen LogP contribution in [0.3, 0.4) is 0 Å². The maximum atomic E-state index is 14.1. The molecule has 14 heteroatoms. The van der Waals surface area contributed by atoms with Gasteiger partial charge in [-0.2, -0.15) is 44.6 Å². The van der Waals surface area contributed by atoms with E-state index < -0.39 is 63.8 Å². The Kier molecular flexibility index (Phi) is 4.67. The summed E-state index contributed by atoms with van der Waals surface area (Å²) >= 11 is 0. The zero-order valence-corrected chi connectivity index (χ0v) is 15.8. The Balaban J connectivity index is 2.17. The second-order valence-corrected chi connectivity index (χ2v) is 7.14. The number of fused-ring (bicyclic) bond motifs is 3. The molecular formula is C19H10F10N4. The quantitative estimate of drug-likeness (QED) is 0.328. The van der Waals surface area contributed by atoms with E-state index in [4.69, 9.17) is 5.73 Å². The molecule has 2 heterocycles. The molecule has 1 aliphatic heterocycles. The monoisotopic (exact) mass is 484 g/mol. The minimum atomic E-state index is -6.05. The van der Waals surface area contributed by atoms with Crippen LogP contribution < -0.4 is 11.1 Å². The highest BCUT2D eigenvalue weighted by atomic mass is 19.4. The molecule has 176 valence electrons. The Bertz CT molecular complexity index is 1210. The minimum Gasteiger partial charge on any atom is -0.399 e. The summed E-state index contributed by atoms with van der Waals surface area (Å²) in [6.45, 7) is 0. The van der Waals surface area contributed by atoms with Gasteiger partial charge in [-0.3, -0.25) is 0 Å². The van der Waals surface area contributed by atoms with Crippen molar-refractivity contribution in [3.63, 3.8) is 0 Å².